The molecule has 0 bridgehead atoms. The fourth-order valence-electron chi connectivity index (χ4n) is 0.785. The maximum Gasteiger partial charge on any atom is 0.194 e. The van der Waals surface area contributed by atoms with Gasteiger partial charge in [-0.25, -0.2) is 4.68 Å². The zero-order chi connectivity index (χ0) is 8.27. The normalized spacial score (nSPS) is 9.55. The van der Waals surface area contributed by atoms with Crippen LogP contribution in [0.15, 0.2) is 18.8 Å². The van der Waals surface area contributed by atoms with Crippen LogP contribution < -0.4 is 5.73 Å². The highest BCUT2D eigenvalue weighted by atomic mass is 16.1. The number of carbonyl (C=O) groups excluding carboxylic acids is 1. The number of nitrogens with two attached hydrogens (primary N) is 1. The van der Waals surface area contributed by atoms with Gasteiger partial charge in [-0.2, -0.15) is 5.10 Å². The van der Waals surface area contributed by atoms with Gasteiger partial charge in [0.05, 0.1) is 12.7 Å². The van der Waals surface area contributed by atoms with Crippen LogP contribution in [-0.4, -0.2) is 22.1 Å². The van der Waals surface area contributed by atoms with Crippen molar-refractivity contribution in [3.63, 3.8) is 0 Å². The average molecular weight is 151 g/mol. The molecule has 0 aliphatic carbocycles. The van der Waals surface area contributed by atoms with Gasteiger partial charge < -0.3 is 5.73 Å². The molecule has 0 radical (unpaired) electrons. The van der Waals surface area contributed by atoms with Gasteiger partial charge >= 0.3 is 0 Å². The molecule has 0 aliphatic heterocycles. The molecule has 0 aromatic carbocycles. The molecule has 58 valence electrons. The average Bonchev–Trinajstić information content (AvgIpc) is 2.50. The van der Waals surface area contributed by atoms with Crippen LogP contribution in [0.3, 0.4) is 0 Å². The lowest BCUT2D eigenvalue weighted by Gasteiger charge is -1.96. The van der Waals surface area contributed by atoms with Crippen LogP contribution in [0, 0.1) is 0 Å². The molecule has 0 unspecified atom stereocenters. The first-order valence-electron chi connectivity index (χ1n) is 3.19. The molecule has 2 N–H and O–H groups in total. The zero-order valence-electron chi connectivity index (χ0n) is 6.03. The van der Waals surface area contributed by atoms with Crippen LogP contribution >= 0.6 is 0 Å². The molecule has 0 spiro atoms. The van der Waals surface area contributed by atoms with Crippen molar-refractivity contribution in [1.82, 2.24) is 9.78 Å². The van der Waals surface area contributed by atoms with E-state index in [9.17, 15) is 4.79 Å². The second-order valence-corrected chi connectivity index (χ2v) is 1.97. The predicted molar refractivity (Wildman–Crippen MR) is 42.0 cm³/mol. The van der Waals surface area contributed by atoms with Gasteiger partial charge in [0.2, 0.25) is 0 Å². The highest BCUT2D eigenvalue weighted by Crippen LogP contribution is 1.98. The lowest BCUT2D eigenvalue weighted by molar-refractivity contribution is 0.0994. The third-order valence-corrected chi connectivity index (χ3v) is 1.31. The molecule has 0 saturated heterocycles. The summed E-state index contributed by atoms with van der Waals surface area (Å²) < 4.78 is 1.40. The highest BCUT2D eigenvalue weighted by molar-refractivity contribution is 5.96. The van der Waals surface area contributed by atoms with Gasteiger partial charge in [-0.15, -0.1) is 0 Å². The number of nitrogens with zero attached hydrogens (tertiary/aromatic N) is 2. The van der Waals surface area contributed by atoms with E-state index in [2.05, 4.69) is 11.7 Å². The van der Waals surface area contributed by atoms with Gasteiger partial charge in [-0.05, 0) is 6.07 Å². The summed E-state index contributed by atoms with van der Waals surface area (Å²) in [5, 5.41) is 3.83. The lowest BCUT2D eigenvalue weighted by Crippen LogP contribution is -2.16. The molecule has 1 rings (SSSR count). The van der Waals surface area contributed by atoms with Gasteiger partial charge in [0, 0.05) is 6.20 Å². The quantitative estimate of drug-likeness (QED) is 0.624. The molecule has 11 heavy (non-hydrogen) atoms. The Balaban J connectivity index is 3.01. The van der Waals surface area contributed by atoms with Crippen molar-refractivity contribution in [2.24, 2.45) is 5.73 Å². The maximum absolute atomic E-state index is 11.0. The van der Waals surface area contributed by atoms with Crippen LogP contribution in [0.1, 0.15) is 10.5 Å². The third kappa shape index (κ3) is 1.35. The summed E-state index contributed by atoms with van der Waals surface area (Å²) in [5.74, 6) is -0.137. The van der Waals surface area contributed by atoms with E-state index in [1.807, 2.05) is 0 Å². The van der Waals surface area contributed by atoms with E-state index in [1.165, 1.54) is 17.1 Å². The zero-order valence-corrected chi connectivity index (χ0v) is 6.03. The van der Waals surface area contributed by atoms with E-state index in [0.717, 1.165) is 0 Å². The van der Waals surface area contributed by atoms with Crippen molar-refractivity contribution in [2.75, 3.05) is 6.54 Å². The summed E-state index contributed by atoms with van der Waals surface area (Å²) in [6, 6.07) is 1.61. The fourth-order valence-corrected chi connectivity index (χ4v) is 0.785. The molecular formula is C7H9N3O. The summed E-state index contributed by atoms with van der Waals surface area (Å²) in [5.41, 5.74) is 5.64. The molecule has 0 aliphatic rings. The molecule has 1 aromatic rings. The Bertz CT molecular complexity index is 277. The van der Waals surface area contributed by atoms with Crippen molar-refractivity contribution in [1.29, 1.82) is 0 Å². The molecule has 0 atom stereocenters. The Labute approximate surface area is 64.3 Å². The number of rotatable bonds is 3. The van der Waals surface area contributed by atoms with E-state index in [1.54, 1.807) is 6.07 Å². The van der Waals surface area contributed by atoms with Gasteiger partial charge in [0.15, 0.2) is 5.78 Å². The fraction of sp³-hybridized carbons (Fsp3) is 0.143. The predicted octanol–water partition coefficient (Wildman–Crippen LogP) is 0.125. The summed E-state index contributed by atoms with van der Waals surface area (Å²) in [7, 11) is 0. The topological polar surface area (TPSA) is 60.9 Å². The SMILES string of the molecule is C=Cn1nccc1C(=O)CN. The summed E-state index contributed by atoms with van der Waals surface area (Å²) in [6.45, 7) is 3.49. The van der Waals surface area contributed by atoms with Gasteiger partial charge in [0.25, 0.3) is 0 Å². The van der Waals surface area contributed by atoms with E-state index < -0.39 is 0 Å². The van der Waals surface area contributed by atoms with Crippen LogP contribution in [0.4, 0.5) is 0 Å². The number of hydrogen-bond acceptors (Lipinski definition) is 3. The number of hydrogen-bond donors (Lipinski definition) is 1. The van der Waals surface area contributed by atoms with Crippen molar-refractivity contribution in [2.45, 2.75) is 0 Å². The van der Waals surface area contributed by atoms with E-state index in [0.29, 0.717) is 5.69 Å². The first-order valence-corrected chi connectivity index (χ1v) is 3.19. The van der Waals surface area contributed by atoms with Gasteiger partial charge in [0.1, 0.15) is 5.69 Å². The minimum atomic E-state index is -0.137. The Morgan fingerprint density at radius 2 is 2.64 bits per heavy atom. The molecule has 0 saturated carbocycles. The Kier molecular flexibility index (Phi) is 2.18. The maximum atomic E-state index is 11.0. The van der Waals surface area contributed by atoms with Gasteiger partial charge in [-0.3, -0.25) is 4.79 Å². The molecule has 4 nitrogen and oxygen atoms in total. The van der Waals surface area contributed by atoms with Crippen LogP contribution in [-0.2, 0) is 0 Å². The highest BCUT2D eigenvalue weighted by Gasteiger charge is 2.06. The Morgan fingerprint density at radius 1 is 1.91 bits per heavy atom. The summed E-state index contributed by atoms with van der Waals surface area (Å²) in [4.78, 5) is 11.0. The molecule has 4 heteroatoms. The van der Waals surface area contributed by atoms with E-state index >= 15 is 0 Å². The number of aromatic nitrogens is 2. The van der Waals surface area contributed by atoms with Crippen molar-refractivity contribution in [3.8, 4) is 0 Å². The van der Waals surface area contributed by atoms with Crippen LogP contribution in [0.25, 0.3) is 6.20 Å². The van der Waals surface area contributed by atoms with Crippen molar-refractivity contribution < 1.29 is 4.79 Å². The largest absolute Gasteiger partial charge is 0.324 e. The number of ketones is 1. The molecule has 0 amide bonds. The molecular weight excluding hydrogens is 142 g/mol. The third-order valence-electron chi connectivity index (χ3n) is 1.31. The minimum absolute atomic E-state index is 0.000463. The van der Waals surface area contributed by atoms with E-state index in [-0.39, 0.29) is 12.3 Å². The summed E-state index contributed by atoms with van der Waals surface area (Å²) >= 11 is 0. The van der Waals surface area contributed by atoms with E-state index in [4.69, 9.17) is 5.73 Å². The number of carbonyl (C=O) groups is 1. The smallest absolute Gasteiger partial charge is 0.194 e. The second-order valence-electron chi connectivity index (χ2n) is 1.97. The van der Waals surface area contributed by atoms with Crippen LogP contribution in [0.5, 0.6) is 0 Å². The lowest BCUT2D eigenvalue weighted by atomic mass is 10.3. The van der Waals surface area contributed by atoms with Gasteiger partial charge in [-0.1, -0.05) is 6.58 Å². The monoisotopic (exact) mass is 151 g/mol. The minimum Gasteiger partial charge on any atom is -0.324 e. The number of Topliss-reactive ketones (excluding diaryl/α,β-unsaturated/α-hetero) is 1. The Morgan fingerprint density at radius 3 is 3.18 bits per heavy atom. The first kappa shape index (κ1) is 7.68. The standard InChI is InChI=1S/C7H9N3O/c1-2-10-6(3-4-9-10)7(11)5-8/h2-4H,1,5,8H2. The molecule has 1 heterocycles. The molecule has 1 aromatic heterocycles. The van der Waals surface area contributed by atoms with Crippen molar-refractivity contribution in [3.05, 3.63) is 24.5 Å². The molecule has 0 fully saturated rings. The second kappa shape index (κ2) is 3.12. The summed E-state index contributed by atoms with van der Waals surface area (Å²) in [6.07, 6.45) is 2.99. The van der Waals surface area contributed by atoms with Crippen molar-refractivity contribution >= 4 is 12.0 Å². The van der Waals surface area contributed by atoms with Crippen LogP contribution in [0.2, 0.25) is 0 Å². The first-order chi connectivity index (χ1) is 5.29. The Hall–Kier alpha value is -1.42.